The standard InChI is InChI=1S/C10H15F3N2O/c1-15(7-2-3-7)8(16)6-14-9(4-5-9)10(11,12)13/h7,14H,2-6H2,1H3. The Morgan fingerprint density at radius 3 is 2.38 bits per heavy atom. The fraction of sp³-hybridized carbons (Fsp3) is 0.900. The molecule has 0 spiro atoms. The van der Waals surface area contributed by atoms with Crippen LogP contribution in [-0.4, -0.2) is 42.2 Å². The minimum absolute atomic E-state index is 0.0803. The third-order valence-corrected chi connectivity index (χ3v) is 3.36. The first-order valence-corrected chi connectivity index (χ1v) is 5.43. The van der Waals surface area contributed by atoms with Crippen LogP contribution in [0.4, 0.5) is 13.2 Å². The highest BCUT2D eigenvalue weighted by atomic mass is 19.4. The molecule has 0 aromatic heterocycles. The highest BCUT2D eigenvalue weighted by Gasteiger charge is 2.63. The molecule has 6 heteroatoms. The minimum atomic E-state index is -4.24. The number of nitrogens with zero attached hydrogens (tertiary/aromatic N) is 1. The molecule has 0 saturated heterocycles. The third-order valence-electron chi connectivity index (χ3n) is 3.36. The van der Waals surface area contributed by atoms with Crippen molar-refractivity contribution in [3.63, 3.8) is 0 Å². The Kier molecular flexibility index (Phi) is 2.64. The molecule has 0 heterocycles. The molecule has 0 radical (unpaired) electrons. The van der Waals surface area contributed by atoms with E-state index in [9.17, 15) is 18.0 Å². The fourth-order valence-electron chi connectivity index (χ4n) is 1.72. The molecule has 2 aliphatic rings. The zero-order chi connectivity index (χ0) is 12.0. The van der Waals surface area contributed by atoms with Crippen molar-refractivity contribution in [1.82, 2.24) is 10.2 Å². The number of carbonyl (C=O) groups excluding carboxylic acids is 1. The molecule has 0 bridgehead atoms. The van der Waals surface area contributed by atoms with Crippen molar-refractivity contribution in [2.45, 2.75) is 43.4 Å². The van der Waals surface area contributed by atoms with Gasteiger partial charge in [0.15, 0.2) is 0 Å². The van der Waals surface area contributed by atoms with E-state index in [4.69, 9.17) is 0 Å². The molecule has 0 aromatic carbocycles. The molecule has 92 valence electrons. The van der Waals surface area contributed by atoms with Gasteiger partial charge in [-0.3, -0.25) is 10.1 Å². The Morgan fingerprint density at radius 1 is 1.44 bits per heavy atom. The molecule has 2 rings (SSSR count). The monoisotopic (exact) mass is 236 g/mol. The summed E-state index contributed by atoms with van der Waals surface area (Å²) in [6.07, 6.45) is -2.15. The SMILES string of the molecule is CN(C(=O)CNC1(C(F)(F)F)CC1)C1CC1. The molecule has 0 aliphatic heterocycles. The lowest BCUT2D eigenvalue weighted by Gasteiger charge is -2.22. The van der Waals surface area contributed by atoms with Gasteiger partial charge >= 0.3 is 6.18 Å². The van der Waals surface area contributed by atoms with E-state index in [0.29, 0.717) is 0 Å². The van der Waals surface area contributed by atoms with E-state index in [1.165, 1.54) is 0 Å². The molecular formula is C10H15F3N2O. The first-order chi connectivity index (χ1) is 7.36. The van der Waals surface area contributed by atoms with Crippen molar-refractivity contribution in [1.29, 1.82) is 0 Å². The zero-order valence-corrected chi connectivity index (χ0v) is 9.10. The van der Waals surface area contributed by atoms with Crippen LogP contribution >= 0.6 is 0 Å². The number of carbonyl (C=O) groups is 1. The van der Waals surface area contributed by atoms with E-state index < -0.39 is 11.7 Å². The molecule has 1 amide bonds. The largest absolute Gasteiger partial charge is 0.406 e. The van der Waals surface area contributed by atoms with Crippen LogP contribution in [0.1, 0.15) is 25.7 Å². The van der Waals surface area contributed by atoms with E-state index in [1.807, 2.05) is 0 Å². The van der Waals surface area contributed by atoms with Gasteiger partial charge in [0, 0.05) is 13.1 Å². The van der Waals surface area contributed by atoms with Crippen molar-refractivity contribution in [2.24, 2.45) is 0 Å². The van der Waals surface area contributed by atoms with E-state index in [-0.39, 0.29) is 31.3 Å². The Balaban J connectivity index is 1.81. The molecule has 0 atom stereocenters. The number of alkyl halides is 3. The highest BCUT2D eigenvalue weighted by molar-refractivity contribution is 5.78. The van der Waals surface area contributed by atoms with E-state index >= 15 is 0 Å². The maximum absolute atomic E-state index is 12.5. The van der Waals surface area contributed by atoms with Gasteiger partial charge in [-0.1, -0.05) is 0 Å². The molecule has 0 aromatic rings. The number of hydrogen-bond acceptors (Lipinski definition) is 2. The summed E-state index contributed by atoms with van der Waals surface area (Å²) in [5.74, 6) is -0.252. The van der Waals surface area contributed by atoms with Crippen LogP contribution in [-0.2, 0) is 4.79 Å². The quantitative estimate of drug-likeness (QED) is 0.797. The van der Waals surface area contributed by atoms with Crippen molar-refractivity contribution in [3.05, 3.63) is 0 Å². The molecule has 2 saturated carbocycles. The van der Waals surface area contributed by atoms with Gasteiger partial charge in [-0.2, -0.15) is 13.2 Å². The first-order valence-electron chi connectivity index (χ1n) is 5.43. The molecule has 0 unspecified atom stereocenters. The van der Waals surface area contributed by atoms with E-state index in [1.54, 1.807) is 11.9 Å². The van der Waals surface area contributed by atoms with E-state index in [2.05, 4.69) is 5.32 Å². The Hall–Kier alpha value is -0.780. The van der Waals surface area contributed by atoms with E-state index in [0.717, 1.165) is 12.8 Å². The Morgan fingerprint density at radius 2 is 2.00 bits per heavy atom. The number of hydrogen-bond donors (Lipinski definition) is 1. The lowest BCUT2D eigenvalue weighted by molar-refractivity contribution is -0.166. The second-order valence-electron chi connectivity index (χ2n) is 4.67. The zero-order valence-electron chi connectivity index (χ0n) is 9.10. The second-order valence-corrected chi connectivity index (χ2v) is 4.67. The predicted molar refractivity (Wildman–Crippen MR) is 51.8 cm³/mol. The molecule has 3 nitrogen and oxygen atoms in total. The van der Waals surface area contributed by atoms with Gasteiger partial charge in [0.25, 0.3) is 0 Å². The number of halogens is 3. The van der Waals surface area contributed by atoms with Gasteiger partial charge < -0.3 is 4.90 Å². The van der Waals surface area contributed by atoms with Gasteiger partial charge in [0.2, 0.25) is 5.91 Å². The molecular weight excluding hydrogens is 221 g/mol. The van der Waals surface area contributed by atoms with Crippen LogP contribution in [0.15, 0.2) is 0 Å². The summed E-state index contributed by atoms with van der Waals surface area (Å²) in [6, 6.07) is 0.246. The Labute approximate surface area is 92.0 Å². The third kappa shape index (κ3) is 2.16. The van der Waals surface area contributed by atoms with Crippen LogP contribution in [0.5, 0.6) is 0 Å². The summed E-state index contributed by atoms with van der Waals surface area (Å²) in [6.45, 7) is -0.216. The van der Waals surface area contributed by atoms with Gasteiger partial charge in [0.05, 0.1) is 6.54 Å². The number of likely N-dealkylation sites (N-methyl/N-ethyl adjacent to an activating group) is 1. The molecule has 2 fully saturated rings. The summed E-state index contributed by atoms with van der Waals surface area (Å²) in [5, 5.41) is 2.36. The first kappa shape index (κ1) is 11.7. The highest BCUT2D eigenvalue weighted by Crippen LogP contribution is 2.48. The lowest BCUT2D eigenvalue weighted by atomic mass is 10.2. The maximum Gasteiger partial charge on any atom is 0.406 e. The number of nitrogens with one attached hydrogen (secondary N) is 1. The average Bonchev–Trinajstić information content (AvgIpc) is 3.00. The van der Waals surface area contributed by atoms with Crippen LogP contribution in [0.2, 0.25) is 0 Å². The maximum atomic E-state index is 12.5. The van der Waals surface area contributed by atoms with Crippen LogP contribution < -0.4 is 5.32 Å². The smallest absolute Gasteiger partial charge is 0.342 e. The van der Waals surface area contributed by atoms with Crippen molar-refractivity contribution in [2.75, 3.05) is 13.6 Å². The summed E-state index contributed by atoms with van der Waals surface area (Å²) in [5.41, 5.74) is -1.78. The van der Waals surface area contributed by atoms with Crippen LogP contribution in [0.25, 0.3) is 0 Å². The molecule has 16 heavy (non-hydrogen) atoms. The Bertz CT molecular complexity index is 295. The van der Waals surface area contributed by atoms with Gasteiger partial charge in [-0.25, -0.2) is 0 Å². The fourth-order valence-corrected chi connectivity index (χ4v) is 1.72. The van der Waals surface area contributed by atoms with Crippen LogP contribution in [0, 0.1) is 0 Å². The molecule has 2 aliphatic carbocycles. The van der Waals surface area contributed by atoms with Gasteiger partial charge in [0.1, 0.15) is 5.54 Å². The molecule has 1 N–H and O–H groups in total. The normalized spacial score (nSPS) is 23.0. The topological polar surface area (TPSA) is 32.3 Å². The average molecular weight is 236 g/mol. The van der Waals surface area contributed by atoms with Gasteiger partial charge in [-0.15, -0.1) is 0 Å². The summed E-state index contributed by atoms with van der Waals surface area (Å²) in [4.78, 5) is 13.1. The van der Waals surface area contributed by atoms with Crippen molar-refractivity contribution in [3.8, 4) is 0 Å². The van der Waals surface area contributed by atoms with Crippen molar-refractivity contribution >= 4 is 5.91 Å². The summed E-state index contributed by atoms with van der Waals surface area (Å²) in [7, 11) is 1.65. The number of amides is 1. The number of rotatable bonds is 4. The second kappa shape index (κ2) is 3.61. The summed E-state index contributed by atoms with van der Waals surface area (Å²) < 4.78 is 37.6. The minimum Gasteiger partial charge on any atom is -0.342 e. The van der Waals surface area contributed by atoms with Gasteiger partial charge in [-0.05, 0) is 25.7 Å². The van der Waals surface area contributed by atoms with Crippen LogP contribution in [0.3, 0.4) is 0 Å². The lowest BCUT2D eigenvalue weighted by Crippen LogP contribution is -2.49. The predicted octanol–water partition coefficient (Wildman–Crippen LogP) is 1.29. The van der Waals surface area contributed by atoms with Crippen molar-refractivity contribution < 1.29 is 18.0 Å². The summed E-state index contributed by atoms with van der Waals surface area (Å²) >= 11 is 0.